The van der Waals surface area contributed by atoms with Crippen LogP contribution in [0.3, 0.4) is 0 Å². The van der Waals surface area contributed by atoms with Gasteiger partial charge in [-0.2, -0.15) is 0 Å². The maximum Gasteiger partial charge on any atom is 0.139 e. The van der Waals surface area contributed by atoms with Crippen LogP contribution >= 0.6 is 0 Å². The number of fused-ring (bicyclic) bond motifs is 5. The van der Waals surface area contributed by atoms with Crippen molar-refractivity contribution in [3.63, 3.8) is 0 Å². The van der Waals surface area contributed by atoms with Gasteiger partial charge in [0.2, 0.25) is 0 Å². The fraction of sp³-hybridized carbons (Fsp3) is 0.750. The Labute approximate surface area is 128 Å². The Morgan fingerprint density at radius 3 is 2.95 bits per heavy atom. The molecule has 5 atom stereocenters. The summed E-state index contributed by atoms with van der Waals surface area (Å²) in [7, 11) is 0. The topological polar surface area (TPSA) is 17.1 Å². The van der Waals surface area contributed by atoms with E-state index in [9.17, 15) is 4.79 Å². The van der Waals surface area contributed by atoms with Gasteiger partial charge in [-0.1, -0.05) is 30.7 Å². The minimum Gasteiger partial charge on any atom is -0.299 e. The zero-order valence-electron chi connectivity index (χ0n) is 13.4. The summed E-state index contributed by atoms with van der Waals surface area (Å²) in [6.07, 6.45) is 13.2. The van der Waals surface area contributed by atoms with Crippen LogP contribution < -0.4 is 0 Å². The average molecular weight is 284 g/mol. The summed E-state index contributed by atoms with van der Waals surface area (Å²) in [6.45, 7) is 6.73. The van der Waals surface area contributed by atoms with Gasteiger partial charge in [0.05, 0.1) is 0 Å². The van der Waals surface area contributed by atoms with Crippen molar-refractivity contribution in [1.82, 2.24) is 0 Å². The van der Waals surface area contributed by atoms with Gasteiger partial charge in [-0.3, -0.25) is 4.79 Å². The van der Waals surface area contributed by atoms with E-state index in [-0.39, 0.29) is 5.41 Å². The molecule has 21 heavy (non-hydrogen) atoms. The van der Waals surface area contributed by atoms with Crippen molar-refractivity contribution in [3.8, 4) is 0 Å². The molecular weight excluding hydrogens is 256 g/mol. The molecule has 1 unspecified atom stereocenters. The number of carbonyl (C=O) groups is 1. The van der Waals surface area contributed by atoms with E-state index in [0.29, 0.717) is 17.6 Å². The maximum absolute atomic E-state index is 12.6. The van der Waals surface area contributed by atoms with Crippen LogP contribution in [0, 0.1) is 29.1 Å². The zero-order valence-corrected chi connectivity index (χ0v) is 13.4. The van der Waals surface area contributed by atoms with Crippen LogP contribution in [0.4, 0.5) is 0 Å². The average Bonchev–Trinajstić information content (AvgIpc) is 2.84. The number of hydrogen-bond donors (Lipinski definition) is 0. The van der Waals surface area contributed by atoms with Crippen molar-refractivity contribution in [1.29, 1.82) is 0 Å². The highest BCUT2D eigenvalue weighted by molar-refractivity contribution is 5.88. The molecule has 0 aromatic rings. The third-order valence-corrected chi connectivity index (χ3v) is 7.37. The van der Waals surface area contributed by atoms with Gasteiger partial charge in [-0.05, 0) is 75.0 Å². The number of allylic oxidation sites excluding steroid dienone is 3. The first kappa shape index (κ1) is 13.8. The molecule has 3 fully saturated rings. The van der Waals surface area contributed by atoms with Gasteiger partial charge < -0.3 is 0 Å². The molecule has 3 saturated carbocycles. The molecule has 1 nitrogen and oxygen atoms in total. The fourth-order valence-electron chi connectivity index (χ4n) is 6.49. The predicted octanol–water partition coefficient (Wildman–Crippen LogP) is 5.07. The lowest BCUT2D eigenvalue weighted by atomic mass is 9.50. The summed E-state index contributed by atoms with van der Waals surface area (Å²) in [5, 5.41) is 0. The Kier molecular flexibility index (Phi) is 3.17. The second kappa shape index (κ2) is 4.83. The molecular formula is C20H28O. The van der Waals surface area contributed by atoms with Crippen LogP contribution in [0.5, 0.6) is 0 Å². The molecule has 0 radical (unpaired) electrons. The van der Waals surface area contributed by atoms with Crippen molar-refractivity contribution in [2.24, 2.45) is 29.1 Å². The van der Waals surface area contributed by atoms with Gasteiger partial charge in [0.15, 0.2) is 0 Å². The van der Waals surface area contributed by atoms with E-state index in [1.807, 2.05) is 0 Å². The second-order valence-corrected chi connectivity index (χ2v) is 7.96. The van der Waals surface area contributed by atoms with Gasteiger partial charge >= 0.3 is 0 Å². The van der Waals surface area contributed by atoms with E-state index in [1.54, 1.807) is 5.57 Å². The summed E-state index contributed by atoms with van der Waals surface area (Å²) in [6, 6.07) is 0. The lowest BCUT2D eigenvalue weighted by Crippen LogP contribution is -2.48. The molecule has 0 saturated heterocycles. The van der Waals surface area contributed by atoms with E-state index in [0.717, 1.165) is 37.5 Å². The van der Waals surface area contributed by atoms with Crippen LogP contribution in [-0.4, -0.2) is 5.78 Å². The van der Waals surface area contributed by atoms with Crippen LogP contribution in [0.15, 0.2) is 23.8 Å². The van der Waals surface area contributed by atoms with E-state index < -0.39 is 0 Å². The van der Waals surface area contributed by atoms with E-state index in [2.05, 4.69) is 19.6 Å². The molecule has 0 aromatic carbocycles. The molecule has 4 aliphatic rings. The van der Waals surface area contributed by atoms with Crippen molar-refractivity contribution < 1.29 is 4.79 Å². The molecule has 4 rings (SSSR count). The number of Topliss-reactive ketones (excluding diaryl/α,β-unsaturated/α-hetero) is 1. The van der Waals surface area contributed by atoms with Crippen LogP contribution in [0.25, 0.3) is 0 Å². The summed E-state index contributed by atoms with van der Waals surface area (Å²) in [4.78, 5) is 12.6. The lowest BCUT2D eigenvalue weighted by molar-refractivity contribution is -0.130. The fourth-order valence-corrected chi connectivity index (χ4v) is 6.49. The van der Waals surface area contributed by atoms with Crippen molar-refractivity contribution in [2.45, 2.75) is 64.7 Å². The van der Waals surface area contributed by atoms with Crippen molar-refractivity contribution in [3.05, 3.63) is 23.8 Å². The Balaban J connectivity index is 1.72. The summed E-state index contributed by atoms with van der Waals surface area (Å²) < 4.78 is 0. The Morgan fingerprint density at radius 1 is 1.29 bits per heavy atom. The van der Waals surface area contributed by atoms with Crippen LogP contribution in [0.1, 0.15) is 64.7 Å². The number of rotatable bonds is 1. The summed E-state index contributed by atoms with van der Waals surface area (Å²) >= 11 is 0. The smallest absolute Gasteiger partial charge is 0.139 e. The van der Waals surface area contributed by atoms with Crippen LogP contribution in [0.2, 0.25) is 0 Å². The molecule has 0 aromatic heterocycles. The minimum atomic E-state index is -0.0197. The number of carbonyl (C=O) groups excluding carboxylic acids is 1. The van der Waals surface area contributed by atoms with Gasteiger partial charge in [-0.25, -0.2) is 0 Å². The molecule has 4 aliphatic carbocycles. The molecule has 114 valence electrons. The monoisotopic (exact) mass is 284 g/mol. The normalized spacial score (nSPS) is 45.7. The first-order valence-corrected chi connectivity index (χ1v) is 9.07. The highest BCUT2D eigenvalue weighted by atomic mass is 16.1. The first-order chi connectivity index (χ1) is 10.2. The van der Waals surface area contributed by atoms with Crippen molar-refractivity contribution in [2.75, 3.05) is 0 Å². The van der Waals surface area contributed by atoms with Gasteiger partial charge in [0.1, 0.15) is 5.78 Å². The first-order valence-electron chi connectivity index (χ1n) is 9.07. The predicted molar refractivity (Wildman–Crippen MR) is 85.9 cm³/mol. The highest BCUT2D eigenvalue weighted by Gasteiger charge is 2.58. The molecule has 0 spiro atoms. The molecule has 0 bridgehead atoms. The largest absolute Gasteiger partial charge is 0.299 e. The van der Waals surface area contributed by atoms with Crippen LogP contribution in [-0.2, 0) is 4.79 Å². The van der Waals surface area contributed by atoms with E-state index in [4.69, 9.17) is 0 Å². The maximum atomic E-state index is 12.6. The summed E-state index contributed by atoms with van der Waals surface area (Å²) in [5.41, 5.74) is 3.14. The number of hydrogen-bond acceptors (Lipinski definition) is 1. The Morgan fingerprint density at radius 2 is 2.14 bits per heavy atom. The Bertz CT molecular complexity index is 514. The summed E-state index contributed by atoms with van der Waals surface area (Å²) in [5.74, 6) is 3.43. The lowest BCUT2D eigenvalue weighted by Gasteiger charge is -2.54. The standard InChI is InChI=1S/C20H28O/c1-3-20-12-13(2)19-15-7-5-4-6-14(15)8-9-16(19)17(20)10-11-18(20)21/h6,15-17,19H,2-5,7-12H2,1H3/t15-,16+,17-,19+,20?/m1/s1. The van der Waals surface area contributed by atoms with E-state index >= 15 is 0 Å². The quantitative estimate of drug-likeness (QED) is 0.614. The molecule has 0 N–H and O–H groups in total. The van der Waals surface area contributed by atoms with Gasteiger partial charge in [-0.15, -0.1) is 0 Å². The molecule has 0 aliphatic heterocycles. The SMILES string of the molecule is C=C1CC2(CC)C(=O)CC[C@@H]2[C@@H]2CCC3=CCCC[C@H]3[C@H]12. The third kappa shape index (κ3) is 1.79. The van der Waals surface area contributed by atoms with Crippen molar-refractivity contribution >= 4 is 5.78 Å². The minimum absolute atomic E-state index is 0.0197. The van der Waals surface area contributed by atoms with E-state index in [1.165, 1.54) is 37.7 Å². The number of ketones is 1. The second-order valence-electron chi connectivity index (χ2n) is 7.96. The Hall–Kier alpha value is -0.850. The zero-order chi connectivity index (χ0) is 14.6. The molecule has 0 amide bonds. The van der Waals surface area contributed by atoms with Gasteiger partial charge in [0, 0.05) is 11.8 Å². The highest BCUT2D eigenvalue weighted by Crippen LogP contribution is 2.63. The third-order valence-electron chi connectivity index (χ3n) is 7.37. The van der Waals surface area contributed by atoms with Gasteiger partial charge in [0.25, 0.3) is 0 Å². The molecule has 1 heteroatoms. The molecule has 0 heterocycles.